The molecule has 0 atom stereocenters. The molecule has 0 aliphatic heterocycles. The Morgan fingerprint density at radius 1 is 1.30 bits per heavy atom. The Bertz CT molecular complexity index is 804. The van der Waals surface area contributed by atoms with Gasteiger partial charge in [-0.3, -0.25) is 4.79 Å². The lowest BCUT2D eigenvalue weighted by atomic mass is 10.1. The fraction of sp³-hybridized carbons (Fsp3) is 0.438. The normalized spacial score (nSPS) is 11.5. The number of halogens is 3. The lowest BCUT2D eigenvalue weighted by Crippen LogP contribution is -2.25. The SMILES string of the molecule is CCN(CC)c1ccc(C(F)(F)F)cc1NC(=O)CSc1nnc(C)n1N. The molecule has 1 aromatic carbocycles. The highest BCUT2D eigenvalue weighted by molar-refractivity contribution is 7.99. The molecule has 0 aliphatic rings. The van der Waals surface area contributed by atoms with Crippen LogP contribution in [0.25, 0.3) is 0 Å². The number of hydrogen-bond donors (Lipinski definition) is 2. The zero-order valence-electron chi connectivity index (χ0n) is 15.2. The summed E-state index contributed by atoms with van der Waals surface area (Å²) in [6, 6.07) is 3.34. The number of benzene rings is 1. The maximum atomic E-state index is 13.1. The third-order valence-electron chi connectivity index (χ3n) is 3.87. The van der Waals surface area contributed by atoms with Crippen LogP contribution in [0.3, 0.4) is 0 Å². The Kier molecular flexibility index (Phi) is 6.58. The molecule has 148 valence electrons. The van der Waals surface area contributed by atoms with Crippen LogP contribution in [-0.2, 0) is 11.0 Å². The number of nitrogen functional groups attached to an aromatic ring is 1. The van der Waals surface area contributed by atoms with Gasteiger partial charge in [-0.1, -0.05) is 11.8 Å². The van der Waals surface area contributed by atoms with Gasteiger partial charge in [-0.25, -0.2) is 4.68 Å². The van der Waals surface area contributed by atoms with Crippen molar-refractivity contribution in [3.63, 3.8) is 0 Å². The Labute approximate surface area is 159 Å². The monoisotopic (exact) mass is 402 g/mol. The quantitative estimate of drug-likeness (QED) is 0.547. The molecule has 0 saturated carbocycles. The van der Waals surface area contributed by atoms with E-state index in [9.17, 15) is 18.0 Å². The highest BCUT2D eigenvalue weighted by atomic mass is 32.2. The summed E-state index contributed by atoms with van der Waals surface area (Å²) in [6.07, 6.45) is -4.50. The van der Waals surface area contributed by atoms with E-state index in [1.165, 1.54) is 10.7 Å². The Balaban J connectivity index is 2.20. The van der Waals surface area contributed by atoms with Crippen LogP contribution < -0.4 is 16.1 Å². The lowest BCUT2D eigenvalue weighted by Gasteiger charge is -2.25. The number of carbonyl (C=O) groups excluding carboxylic acids is 1. The lowest BCUT2D eigenvalue weighted by molar-refractivity contribution is -0.137. The van der Waals surface area contributed by atoms with E-state index in [1.54, 1.807) is 6.92 Å². The number of hydrogen-bond acceptors (Lipinski definition) is 6. The van der Waals surface area contributed by atoms with Gasteiger partial charge in [0.1, 0.15) is 5.82 Å². The van der Waals surface area contributed by atoms with Gasteiger partial charge in [-0.05, 0) is 39.0 Å². The molecular weight excluding hydrogens is 381 g/mol. The van der Waals surface area contributed by atoms with Gasteiger partial charge in [0.05, 0.1) is 22.7 Å². The molecule has 0 saturated heterocycles. The van der Waals surface area contributed by atoms with E-state index in [-0.39, 0.29) is 11.4 Å². The fourth-order valence-electron chi connectivity index (χ4n) is 2.42. The third-order valence-corrected chi connectivity index (χ3v) is 4.81. The van der Waals surface area contributed by atoms with Crippen molar-refractivity contribution in [3.05, 3.63) is 29.6 Å². The molecule has 11 heteroatoms. The van der Waals surface area contributed by atoms with Crippen LogP contribution in [0.4, 0.5) is 24.5 Å². The summed E-state index contributed by atoms with van der Waals surface area (Å²) in [5.74, 6) is 5.67. The van der Waals surface area contributed by atoms with Crippen LogP contribution >= 0.6 is 11.8 Å². The van der Waals surface area contributed by atoms with Crippen LogP contribution in [-0.4, -0.2) is 39.6 Å². The maximum absolute atomic E-state index is 13.1. The van der Waals surface area contributed by atoms with E-state index in [0.29, 0.717) is 29.8 Å². The van der Waals surface area contributed by atoms with E-state index >= 15 is 0 Å². The molecule has 0 radical (unpaired) electrons. The van der Waals surface area contributed by atoms with Crippen LogP contribution in [0.5, 0.6) is 0 Å². The minimum Gasteiger partial charge on any atom is -0.370 e. The van der Waals surface area contributed by atoms with Crippen LogP contribution in [0.1, 0.15) is 25.2 Å². The summed E-state index contributed by atoms with van der Waals surface area (Å²) in [5, 5.41) is 10.5. The second kappa shape index (κ2) is 8.51. The van der Waals surface area contributed by atoms with Gasteiger partial charge in [-0.15, -0.1) is 10.2 Å². The van der Waals surface area contributed by atoms with Crippen LogP contribution in [0.2, 0.25) is 0 Å². The Hall–Kier alpha value is -2.43. The van der Waals surface area contributed by atoms with E-state index in [4.69, 9.17) is 5.84 Å². The van der Waals surface area contributed by atoms with E-state index in [0.717, 1.165) is 23.9 Å². The number of thioether (sulfide) groups is 1. The van der Waals surface area contributed by atoms with Crippen molar-refractivity contribution in [2.45, 2.75) is 32.1 Å². The molecule has 1 aromatic heterocycles. The summed E-state index contributed by atoms with van der Waals surface area (Å²) >= 11 is 1.05. The molecule has 1 amide bonds. The number of aryl methyl sites for hydroxylation is 1. The zero-order chi connectivity index (χ0) is 20.2. The first kappa shape index (κ1) is 20.9. The van der Waals surface area contributed by atoms with E-state index < -0.39 is 17.6 Å². The minimum absolute atomic E-state index is 0.0662. The number of nitrogens with one attached hydrogen (secondary N) is 1. The number of anilines is 2. The van der Waals surface area contributed by atoms with Gasteiger partial charge in [0.15, 0.2) is 0 Å². The van der Waals surface area contributed by atoms with Gasteiger partial charge in [0, 0.05) is 13.1 Å². The molecule has 3 N–H and O–H groups in total. The van der Waals surface area contributed by atoms with Gasteiger partial charge >= 0.3 is 6.18 Å². The van der Waals surface area contributed by atoms with E-state index in [1.807, 2.05) is 18.7 Å². The average molecular weight is 402 g/mol. The molecule has 2 rings (SSSR count). The average Bonchev–Trinajstić information content (AvgIpc) is 2.93. The summed E-state index contributed by atoms with van der Waals surface area (Å²) in [5.41, 5.74) is -0.174. The molecule has 0 unspecified atom stereocenters. The highest BCUT2D eigenvalue weighted by Gasteiger charge is 2.31. The number of amides is 1. The summed E-state index contributed by atoms with van der Waals surface area (Å²) in [7, 11) is 0. The van der Waals surface area contributed by atoms with Crippen LogP contribution in [0.15, 0.2) is 23.4 Å². The van der Waals surface area contributed by atoms with Crippen molar-refractivity contribution in [1.82, 2.24) is 14.9 Å². The predicted molar refractivity (Wildman–Crippen MR) is 99.3 cm³/mol. The van der Waals surface area contributed by atoms with Crippen molar-refractivity contribution in [2.75, 3.05) is 34.9 Å². The largest absolute Gasteiger partial charge is 0.416 e. The second-order valence-corrected chi connectivity index (χ2v) is 6.58. The summed E-state index contributed by atoms with van der Waals surface area (Å²) in [6.45, 7) is 6.62. The molecule has 1 heterocycles. The van der Waals surface area contributed by atoms with Gasteiger partial charge in [-0.2, -0.15) is 13.2 Å². The van der Waals surface area contributed by atoms with Gasteiger partial charge in [0.2, 0.25) is 11.1 Å². The summed E-state index contributed by atoms with van der Waals surface area (Å²) in [4.78, 5) is 14.2. The number of rotatable bonds is 7. The standard InChI is InChI=1S/C16H21F3N6OS/c1-4-24(5-2)13-7-6-11(16(17,18)19)8-12(13)21-14(26)9-27-15-23-22-10(3)25(15)20/h6-8H,4-5,9,20H2,1-3H3,(H,21,26). The highest BCUT2D eigenvalue weighted by Crippen LogP contribution is 2.35. The molecule has 0 bridgehead atoms. The number of nitrogens with two attached hydrogens (primary N) is 1. The van der Waals surface area contributed by atoms with Crippen molar-refractivity contribution in [3.8, 4) is 0 Å². The minimum atomic E-state index is -4.50. The van der Waals surface area contributed by atoms with Crippen molar-refractivity contribution in [1.29, 1.82) is 0 Å². The van der Waals surface area contributed by atoms with Crippen LogP contribution in [0, 0.1) is 6.92 Å². The topological polar surface area (TPSA) is 89.1 Å². The first-order valence-corrected chi connectivity index (χ1v) is 9.21. The number of nitrogens with zero attached hydrogens (tertiary/aromatic N) is 4. The molecule has 7 nitrogen and oxygen atoms in total. The van der Waals surface area contributed by atoms with Crippen molar-refractivity contribution in [2.24, 2.45) is 0 Å². The Morgan fingerprint density at radius 2 is 1.96 bits per heavy atom. The molecule has 0 spiro atoms. The number of aromatic nitrogens is 3. The first-order chi connectivity index (χ1) is 12.7. The zero-order valence-corrected chi connectivity index (χ0v) is 16.0. The second-order valence-electron chi connectivity index (χ2n) is 5.64. The number of alkyl halides is 3. The predicted octanol–water partition coefficient (Wildman–Crippen LogP) is 2.90. The number of carbonyl (C=O) groups is 1. The third kappa shape index (κ3) is 5.06. The molecular formula is C16H21F3N6OS. The van der Waals surface area contributed by atoms with Crippen molar-refractivity contribution >= 4 is 29.0 Å². The first-order valence-electron chi connectivity index (χ1n) is 8.23. The molecule has 0 fully saturated rings. The molecule has 0 aliphatic carbocycles. The van der Waals surface area contributed by atoms with Gasteiger partial charge < -0.3 is 16.1 Å². The van der Waals surface area contributed by atoms with Gasteiger partial charge in [0.25, 0.3) is 0 Å². The maximum Gasteiger partial charge on any atom is 0.416 e. The molecule has 27 heavy (non-hydrogen) atoms. The fourth-order valence-corrected chi connectivity index (χ4v) is 3.12. The van der Waals surface area contributed by atoms with E-state index in [2.05, 4.69) is 15.5 Å². The molecule has 2 aromatic rings. The summed E-state index contributed by atoms with van der Waals surface area (Å²) < 4.78 is 40.4. The van der Waals surface area contributed by atoms with Crippen molar-refractivity contribution < 1.29 is 18.0 Å². The smallest absolute Gasteiger partial charge is 0.370 e. The Morgan fingerprint density at radius 3 is 2.48 bits per heavy atom.